The highest BCUT2D eigenvalue weighted by molar-refractivity contribution is 7.22. The number of carbonyl (C=O) groups excluding carboxylic acids is 1. The van der Waals surface area contributed by atoms with Crippen molar-refractivity contribution in [3.8, 4) is 21.7 Å². The number of hydrogen-bond donors (Lipinski definition) is 1. The number of piperazine rings is 1. The number of rotatable bonds is 8. The highest BCUT2D eigenvalue weighted by atomic mass is 35.5. The number of halogens is 2. The molecule has 5 aromatic rings. The highest BCUT2D eigenvalue weighted by Gasteiger charge is 2.29. The molecule has 0 bridgehead atoms. The molecule has 0 spiro atoms. The summed E-state index contributed by atoms with van der Waals surface area (Å²) in [6.45, 7) is 11.4. The normalized spacial score (nSPS) is 14.9. The van der Waals surface area contributed by atoms with E-state index in [4.69, 9.17) is 16.3 Å². The first-order chi connectivity index (χ1) is 22.1. The summed E-state index contributed by atoms with van der Waals surface area (Å²) in [4.78, 5) is 30.5. The number of benzene rings is 1. The number of ether oxygens (including phenoxy) is 1. The van der Waals surface area contributed by atoms with Gasteiger partial charge in [-0.2, -0.15) is 0 Å². The van der Waals surface area contributed by atoms with Gasteiger partial charge in [-0.15, -0.1) is 16.4 Å². The molecule has 0 radical (unpaired) electrons. The molecule has 1 amide bonds. The monoisotopic (exact) mass is 663 g/mol. The second kappa shape index (κ2) is 13.3. The third-order valence-electron chi connectivity index (χ3n) is 7.77. The summed E-state index contributed by atoms with van der Waals surface area (Å²) in [6.07, 6.45) is 6.11. The van der Waals surface area contributed by atoms with Crippen molar-refractivity contribution in [1.82, 2.24) is 39.7 Å². The van der Waals surface area contributed by atoms with Crippen LogP contribution in [0.5, 0.6) is 0 Å². The van der Waals surface area contributed by atoms with Gasteiger partial charge in [0.2, 0.25) is 5.95 Å². The third kappa shape index (κ3) is 7.11. The van der Waals surface area contributed by atoms with Crippen LogP contribution in [-0.2, 0) is 11.3 Å². The van der Waals surface area contributed by atoms with Crippen molar-refractivity contribution in [1.29, 1.82) is 0 Å². The van der Waals surface area contributed by atoms with Gasteiger partial charge >= 0.3 is 6.09 Å². The van der Waals surface area contributed by atoms with Crippen LogP contribution in [-0.4, -0.2) is 84.2 Å². The fraction of sp³-hybridized carbons (Fsp3) is 0.375. The zero-order valence-corrected chi connectivity index (χ0v) is 27.6. The quantitative estimate of drug-likeness (QED) is 0.185. The summed E-state index contributed by atoms with van der Waals surface area (Å²) in [5, 5.41) is 12.2. The standard InChI is InChI=1S/C32H35ClFN9O2S/c1-20(41-12-14-42(15-13-41)31(44)45-32(2,3)4)24-18-36-27(33)17-23(24)22-7-5-6-21-16-26(46-29(21)22)28-25(34)19-37-30(39-28)35-8-10-43-11-9-38-40-43/h5-7,9,11,16-20H,8,10,12-15H2,1-4H3,(H,35,37,39). The van der Waals surface area contributed by atoms with Gasteiger partial charge in [-0.05, 0) is 56.3 Å². The number of fused-ring (bicyclic) bond motifs is 1. The number of anilines is 1. The lowest BCUT2D eigenvalue weighted by molar-refractivity contribution is 0.0110. The zero-order valence-electron chi connectivity index (χ0n) is 26.1. The number of carbonyl (C=O) groups is 1. The van der Waals surface area contributed by atoms with Crippen LogP contribution >= 0.6 is 22.9 Å². The van der Waals surface area contributed by atoms with E-state index in [1.807, 2.05) is 51.2 Å². The predicted octanol–water partition coefficient (Wildman–Crippen LogP) is 6.53. The van der Waals surface area contributed by atoms with Crippen LogP contribution in [0.1, 0.15) is 39.3 Å². The molecular formula is C32H35ClFN9O2S. The largest absolute Gasteiger partial charge is 0.444 e. The van der Waals surface area contributed by atoms with Crippen LogP contribution < -0.4 is 5.32 Å². The third-order valence-corrected chi connectivity index (χ3v) is 9.17. The van der Waals surface area contributed by atoms with Gasteiger partial charge in [0.1, 0.15) is 16.4 Å². The molecule has 1 fully saturated rings. The van der Waals surface area contributed by atoms with Gasteiger partial charge in [0, 0.05) is 61.4 Å². The van der Waals surface area contributed by atoms with Gasteiger partial charge in [0.15, 0.2) is 5.82 Å². The molecule has 1 saturated heterocycles. The molecule has 14 heteroatoms. The first-order valence-electron chi connectivity index (χ1n) is 15.1. The van der Waals surface area contributed by atoms with E-state index in [9.17, 15) is 4.79 Å². The van der Waals surface area contributed by atoms with Crippen LogP contribution in [0, 0.1) is 5.82 Å². The van der Waals surface area contributed by atoms with E-state index in [1.165, 1.54) is 17.5 Å². The van der Waals surface area contributed by atoms with Crippen LogP contribution in [0.2, 0.25) is 5.15 Å². The Kier molecular flexibility index (Phi) is 9.16. The summed E-state index contributed by atoms with van der Waals surface area (Å²) in [7, 11) is 0. The molecule has 46 heavy (non-hydrogen) atoms. The molecule has 1 aliphatic heterocycles. The molecule has 1 N–H and O–H groups in total. The Labute approximate surface area is 275 Å². The van der Waals surface area contributed by atoms with Gasteiger partial charge in [0.05, 0.1) is 23.8 Å². The maximum absolute atomic E-state index is 15.1. The van der Waals surface area contributed by atoms with E-state index in [1.54, 1.807) is 22.0 Å². The lowest BCUT2D eigenvalue weighted by atomic mass is 9.95. The fourth-order valence-corrected chi connectivity index (χ4v) is 6.81. The summed E-state index contributed by atoms with van der Waals surface area (Å²) >= 11 is 7.94. The Morgan fingerprint density at radius 3 is 2.67 bits per heavy atom. The van der Waals surface area contributed by atoms with E-state index in [0.29, 0.717) is 55.2 Å². The van der Waals surface area contributed by atoms with Crippen molar-refractivity contribution < 1.29 is 13.9 Å². The number of thiophene rings is 1. The van der Waals surface area contributed by atoms with Crippen molar-refractivity contribution in [3.63, 3.8) is 0 Å². The van der Waals surface area contributed by atoms with Crippen molar-refractivity contribution >= 4 is 45.1 Å². The topological polar surface area (TPSA) is 114 Å². The molecule has 6 rings (SSSR count). The Hall–Kier alpha value is -4.20. The highest BCUT2D eigenvalue weighted by Crippen LogP contribution is 2.42. The summed E-state index contributed by atoms with van der Waals surface area (Å²) in [5.41, 5.74) is 2.65. The molecule has 4 aromatic heterocycles. The molecule has 1 atom stereocenters. The van der Waals surface area contributed by atoms with Crippen molar-refractivity contribution in [2.75, 3.05) is 38.0 Å². The first-order valence-corrected chi connectivity index (χ1v) is 16.3. The predicted molar refractivity (Wildman–Crippen MR) is 177 cm³/mol. The summed E-state index contributed by atoms with van der Waals surface area (Å²) < 4.78 is 23.4. The second-order valence-electron chi connectivity index (χ2n) is 12.1. The zero-order chi connectivity index (χ0) is 32.4. The van der Waals surface area contributed by atoms with Crippen LogP contribution in [0.4, 0.5) is 15.1 Å². The van der Waals surface area contributed by atoms with E-state index < -0.39 is 11.4 Å². The SMILES string of the molecule is CC(c1cnc(Cl)cc1-c1cccc2cc(-c3nc(NCCn4ccnn4)ncc3F)sc12)N1CCN(C(=O)OC(C)(C)C)CC1. The molecule has 240 valence electrons. The van der Waals surface area contributed by atoms with E-state index in [-0.39, 0.29) is 17.8 Å². The minimum atomic E-state index is -0.536. The average molecular weight is 664 g/mol. The summed E-state index contributed by atoms with van der Waals surface area (Å²) in [6, 6.07) is 9.90. The Balaban J connectivity index is 1.25. The average Bonchev–Trinajstić information content (AvgIpc) is 3.71. The maximum atomic E-state index is 15.1. The number of pyridine rings is 1. The van der Waals surface area contributed by atoms with Crippen molar-refractivity contribution in [2.45, 2.75) is 45.9 Å². The van der Waals surface area contributed by atoms with Gasteiger partial charge in [-0.1, -0.05) is 35.0 Å². The number of nitrogens with zero attached hydrogens (tertiary/aromatic N) is 8. The Morgan fingerprint density at radius 2 is 1.93 bits per heavy atom. The molecule has 1 aromatic carbocycles. The molecule has 11 nitrogen and oxygen atoms in total. The van der Waals surface area contributed by atoms with E-state index in [0.717, 1.165) is 26.8 Å². The van der Waals surface area contributed by atoms with Gasteiger partial charge in [-0.25, -0.2) is 24.1 Å². The van der Waals surface area contributed by atoms with Gasteiger partial charge in [0.25, 0.3) is 0 Å². The Morgan fingerprint density at radius 1 is 1.13 bits per heavy atom. The van der Waals surface area contributed by atoms with Crippen LogP contribution in [0.25, 0.3) is 31.8 Å². The molecule has 0 saturated carbocycles. The van der Waals surface area contributed by atoms with E-state index in [2.05, 4.69) is 48.5 Å². The van der Waals surface area contributed by atoms with Crippen molar-refractivity contribution in [2.24, 2.45) is 0 Å². The van der Waals surface area contributed by atoms with Gasteiger partial charge in [-0.3, -0.25) is 9.58 Å². The van der Waals surface area contributed by atoms with Crippen LogP contribution in [0.15, 0.2) is 55.1 Å². The smallest absolute Gasteiger partial charge is 0.410 e. The molecular weight excluding hydrogens is 629 g/mol. The molecule has 1 unspecified atom stereocenters. The lowest BCUT2D eigenvalue weighted by Gasteiger charge is -2.39. The molecule has 5 heterocycles. The number of hydrogen-bond acceptors (Lipinski definition) is 10. The second-order valence-corrected chi connectivity index (χ2v) is 13.5. The Bertz CT molecular complexity index is 1840. The van der Waals surface area contributed by atoms with E-state index >= 15 is 4.39 Å². The molecule has 0 aliphatic carbocycles. The number of nitrogens with one attached hydrogen (secondary N) is 1. The lowest BCUT2D eigenvalue weighted by Crippen LogP contribution is -2.50. The fourth-order valence-electron chi connectivity index (χ4n) is 5.47. The van der Waals surface area contributed by atoms with Gasteiger partial charge < -0.3 is 15.0 Å². The first kappa shape index (κ1) is 31.8. The van der Waals surface area contributed by atoms with Crippen LogP contribution in [0.3, 0.4) is 0 Å². The van der Waals surface area contributed by atoms with Crippen molar-refractivity contribution in [3.05, 3.63) is 71.7 Å². The summed E-state index contributed by atoms with van der Waals surface area (Å²) in [5.74, 6) is -0.167. The maximum Gasteiger partial charge on any atom is 0.410 e. The number of amides is 1. The molecule has 1 aliphatic rings. The minimum Gasteiger partial charge on any atom is -0.444 e. The minimum absolute atomic E-state index is 0.000653. The number of aromatic nitrogens is 6.